The summed E-state index contributed by atoms with van der Waals surface area (Å²) in [5, 5.41) is 0. The lowest BCUT2D eigenvalue weighted by molar-refractivity contribution is -0.396. The summed E-state index contributed by atoms with van der Waals surface area (Å²) in [6.07, 6.45) is 5.03. The molecule has 0 radical (unpaired) electrons. The Hall–Kier alpha value is -1.03. The molecule has 1 saturated carbocycles. The highest BCUT2D eigenvalue weighted by atomic mass is 17.2. The Morgan fingerprint density at radius 3 is 2.35 bits per heavy atom. The zero-order chi connectivity index (χ0) is 12.9. The summed E-state index contributed by atoms with van der Waals surface area (Å²) in [7, 11) is 0. The van der Waals surface area contributed by atoms with Crippen molar-refractivity contribution >= 4 is 12.0 Å². The van der Waals surface area contributed by atoms with Gasteiger partial charge >= 0.3 is 6.21 Å². The molecule has 0 unspecified atom stereocenters. The minimum absolute atomic E-state index is 0.330. The van der Waals surface area contributed by atoms with Crippen LogP contribution in [-0.4, -0.2) is 28.0 Å². The van der Waals surface area contributed by atoms with E-state index in [2.05, 4.69) is 4.79 Å². The van der Waals surface area contributed by atoms with E-state index in [1.54, 1.807) is 0 Å². The summed E-state index contributed by atoms with van der Waals surface area (Å²) >= 11 is 0. The van der Waals surface area contributed by atoms with E-state index in [-0.39, 0.29) is 5.78 Å². The lowest BCUT2D eigenvalue weighted by atomic mass is 9.82. The topological polar surface area (TPSA) is 71.9 Å². The van der Waals surface area contributed by atoms with Gasteiger partial charge < -0.3 is 5.53 Å². The lowest BCUT2D eigenvalue weighted by Gasteiger charge is -2.34. The molecular formula is C12H20N2O3. The van der Waals surface area contributed by atoms with Gasteiger partial charge in [0.25, 0.3) is 5.78 Å². The second kappa shape index (κ2) is 5.54. The van der Waals surface area contributed by atoms with Crippen molar-refractivity contribution in [2.24, 2.45) is 0 Å². The van der Waals surface area contributed by atoms with Crippen molar-refractivity contribution in [3.8, 4) is 0 Å². The number of rotatable bonds is 4. The zero-order valence-corrected chi connectivity index (χ0v) is 10.7. The summed E-state index contributed by atoms with van der Waals surface area (Å²) in [5.41, 5.74) is 7.02. The van der Waals surface area contributed by atoms with Crippen molar-refractivity contribution < 1.29 is 19.4 Å². The van der Waals surface area contributed by atoms with Crippen molar-refractivity contribution in [2.75, 3.05) is 0 Å². The Kier molecular flexibility index (Phi) is 4.57. The Morgan fingerprint density at radius 1 is 1.29 bits per heavy atom. The molecule has 0 spiro atoms. The van der Waals surface area contributed by atoms with Gasteiger partial charge in [-0.2, -0.15) is 4.79 Å². The number of hydrogen-bond donors (Lipinski definition) is 0. The molecule has 0 aromatic rings. The Labute approximate surface area is 102 Å². The minimum Gasteiger partial charge on any atom is -0.361 e. The summed E-state index contributed by atoms with van der Waals surface area (Å²) in [6.45, 7) is 5.57. The van der Waals surface area contributed by atoms with E-state index in [1.165, 1.54) is 0 Å². The van der Waals surface area contributed by atoms with Gasteiger partial charge in [-0.25, -0.2) is 9.78 Å². The van der Waals surface area contributed by atoms with E-state index >= 15 is 0 Å². The molecule has 1 rings (SSSR count). The SMILES string of the molecule is CC(C)(C)OOC1(C(=O)C=[N+]=[N-])CCCCC1. The van der Waals surface area contributed by atoms with Crippen LogP contribution in [-0.2, 0) is 14.6 Å². The van der Waals surface area contributed by atoms with E-state index in [0.29, 0.717) is 12.8 Å². The zero-order valence-electron chi connectivity index (χ0n) is 10.7. The van der Waals surface area contributed by atoms with E-state index in [0.717, 1.165) is 25.5 Å². The molecule has 5 nitrogen and oxygen atoms in total. The molecule has 0 aromatic carbocycles. The molecule has 96 valence electrons. The number of ketones is 1. The van der Waals surface area contributed by atoms with Gasteiger partial charge in [0.2, 0.25) is 0 Å². The molecule has 1 aliphatic carbocycles. The molecule has 1 aliphatic rings. The van der Waals surface area contributed by atoms with Gasteiger partial charge in [0.1, 0.15) is 0 Å². The Morgan fingerprint density at radius 2 is 1.88 bits per heavy atom. The summed E-state index contributed by atoms with van der Waals surface area (Å²) in [4.78, 5) is 25.4. The molecule has 0 aliphatic heterocycles. The van der Waals surface area contributed by atoms with Gasteiger partial charge in [0, 0.05) is 0 Å². The third kappa shape index (κ3) is 4.04. The van der Waals surface area contributed by atoms with E-state index in [9.17, 15) is 4.79 Å². The van der Waals surface area contributed by atoms with Gasteiger partial charge in [-0.05, 0) is 46.5 Å². The number of hydrogen-bond acceptors (Lipinski definition) is 3. The van der Waals surface area contributed by atoms with Crippen LogP contribution in [0.3, 0.4) is 0 Å². The first-order valence-corrected chi connectivity index (χ1v) is 5.98. The van der Waals surface area contributed by atoms with Gasteiger partial charge in [-0.3, -0.25) is 4.79 Å². The molecule has 0 saturated heterocycles. The standard InChI is InChI=1S/C12H20N2O3/c1-11(2,3)16-17-12(10(15)9-14-13)7-5-4-6-8-12/h9H,4-8H2,1-3H3. The lowest BCUT2D eigenvalue weighted by Crippen LogP contribution is -2.46. The first kappa shape index (κ1) is 14.0. The summed E-state index contributed by atoms with van der Waals surface area (Å²) in [6, 6.07) is 0. The highest BCUT2D eigenvalue weighted by molar-refractivity contribution is 6.29. The summed E-state index contributed by atoms with van der Waals surface area (Å²) < 4.78 is 0. The quantitative estimate of drug-likeness (QED) is 0.249. The summed E-state index contributed by atoms with van der Waals surface area (Å²) in [5.74, 6) is -0.330. The second-order valence-electron chi connectivity index (χ2n) is 5.44. The van der Waals surface area contributed by atoms with Crippen LogP contribution in [0.25, 0.3) is 5.53 Å². The average molecular weight is 240 g/mol. The maximum absolute atomic E-state index is 11.9. The number of Topliss-reactive ketones (excluding diaryl/α,β-unsaturated/α-hetero) is 1. The molecule has 0 N–H and O–H groups in total. The number of carbonyl (C=O) groups excluding carboxylic acids is 1. The monoisotopic (exact) mass is 240 g/mol. The fourth-order valence-electron chi connectivity index (χ4n) is 1.87. The van der Waals surface area contributed by atoms with Crippen LogP contribution in [0.2, 0.25) is 0 Å². The smallest absolute Gasteiger partial charge is 0.326 e. The van der Waals surface area contributed by atoms with Gasteiger partial charge in [-0.1, -0.05) is 6.42 Å². The molecule has 5 heteroatoms. The fourth-order valence-corrected chi connectivity index (χ4v) is 1.87. The highest BCUT2D eigenvalue weighted by Crippen LogP contribution is 2.33. The fraction of sp³-hybridized carbons (Fsp3) is 0.833. The molecule has 0 atom stereocenters. The Bertz CT molecular complexity index is 321. The van der Waals surface area contributed by atoms with Crippen LogP contribution in [0.15, 0.2) is 0 Å². The minimum atomic E-state index is -0.974. The highest BCUT2D eigenvalue weighted by Gasteiger charge is 2.44. The molecule has 1 fully saturated rings. The van der Waals surface area contributed by atoms with Gasteiger partial charge in [0.15, 0.2) is 5.60 Å². The number of nitrogens with zero attached hydrogens (tertiary/aromatic N) is 2. The first-order valence-electron chi connectivity index (χ1n) is 5.98. The molecule has 0 amide bonds. The van der Waals surface area contributed by atoms with Crippen molar-refractivity contribution in [2.45, 2.75) is 64.1 Å². The van der Waals surface area contributed by atoms with Crippen molar-refractivity contribution in [1.82, 2.24) is 0 Å². The largest absolute Gasteiger partial charge is 0.361 e. The predicted octanol–water partition coefficient (Wildman–Crippen LogP) is 2.31. The molecule has 0 aromatic heterocycles. The maximum atomic E-state index is 11.9. The van der Waals surface area contributed by atoms with E-state index < -0.39 is 11.2 Å². The maximum Gasteiger partial charge on any atom is 0.326 e. The second-order valence-corrected chi connectivity index (χ2v) is 5.44. The van der Waals surface area contributed by atoms with Crippen LogP contribution < -0.4 is 0 Å². The van der Waals surface area contributed by atoms with Crippen molar-refractivity contribution in [3.05, 3.63) is 5.53 Å². The van der Waals surface area contributed by atoms with E-state index in [4.69, 9.17) is 15.3 Å². The van der Waals surface area contributed by atoms with Crippen LogP contribution >= 0.6 is 0 Å². The first-order chi connectivity index (χ1) is 7.90. The third-order valence-corrected chi connectivity index (χ3v) is 2.74. The number of carbonyl (C=O) groups is 1. The molecule has 17 heavy (non-hydrogen) atoms. The van der Waals surface area contributed by atoms with Crippen LogP contribution in [0.1, 0.15) is 52.9 Å². The average Bonchev–Trinajstić information content (AvgIpc) is 2.27. The molecule has 0 bridgehead atoms. The Balaban J connectivity index is 2.78. The predicted molar refractivity (Wildman–Crippen MR) is 62.4 cm³/mol. The van der Waals surface area contributed by atoms with Crippen LogP contribution in [0.4, 0.5) is 0 Å². The third-order valence-electron chi connectivity index (χ3n) is 2.74. The van der Waals surface area contributed by atoms with Crippen LogP contribution in [0, 0.1) is 0 Å². The van der Waals surface area contributed by atoms with Crippen LogP contribution in [0.5, 0.6) is 0 Å². The normalized spacial score (nSPS) is 19.5. The van der Waals surface area contributed by atoms with Crippen molar-refractivity contribution in [3.63, 3.8) is 0 Å². The van der Waals surface area contributed by atoms with Gasteiger partial charge in [0.05, 0.1) is 5.60 Å². The van der Waals surface area contributed by atoms with Crippen molar-refractivity contribution in [1.29, 1.82) is 0 Å². The molecular weight excluding hydrogens is 220 g/mol. The molecule has 0 heterocycles. The van der Waals surface area contributed by atoms with E-state index in [1.807, 2.05) is 20.8 Å². The van der Waals surface area contributed by atoms with Gasteiger partial charge in [-0.15, -0.1) is 0 Å².